The molecule has 1 nitrogen and oxygen atoms in total. The predicted octanol–water partition coefficient (Wildman–Crippen LogP) is 3.07. The third-order valence-electron chi connectivity index (χ3n) is 3.22. The summed E-state index contributed by atoms with van der Waals surface area (Å²) in [6.45, 7) is 3.52. The van der Waals surface area contributed by atoms with Crippen LogP contribution in [-0.4, -0.2) is 12.6 Å². The van der Waals surface area contributed by atoms with Gasteiger partial charge in [-0.25, -0.2) is 0 Å². The average molecular weight is 209 g/mol. The summed E-state index contributed by atoms with van der Waals surface area (Å²) in [5, 5.41) is 5.84. The molecular weight excluding hydrogens is 190 g/mol. The average Bonchev–Trinajstić information content (AvgIpc) is 2.78. The zero-order valence-electron chi connectivity index (χ0n) is 8.83. The first-order valence-electron chi connectivity index (χ1n) is 5.62. The monoisotopic (exact) mass is 209 g/mol. The van der Waals surface area contributed by atoms with Crippen LogP contribution in [0.2, 0.25) is 0 Å². The molecule has 1 saturated carbocycles. The number of nitrogens with one attached hydrogen (secondary N) is 1. The van der Waals surface area contributed by atoms with Gasteiger partial charge in [-0.3, -0.25) is 0 Å². The third kappa shape index (κ3) is 2.58. The van der Waals surface area contributed by atoms with Crippen LogP contribution in [0.5, 0.6) is 0 Å². The molecule has 1 fully saturated rings. The maximum Gasteiger partial charge on any atom is 0.00928 e. The van der Waals surface area contributed by atoms with E-state index < -0.39 is 0 Å². The standard InChI is InChI=1S/C12H19NS/c1-10-4-2-6-12(10)13-8-7-11-5-3-9-14-11/h3,5,9-10,12-13H,2,4,6-8H2,1H3/t10-,12+/m0/s1. The third-order valence-corrected chi connectivity index (χ3v) is 4.16. The minimum absolute atomic E-state index is 0.787. The molecule has 1 aromatic rings. The fourth-order valence-corrected chi connectivity index (χ4v) is 2.99. The second kappa shape index (κ2) is 4.94. The molecule has 1 heterocycles. The fraction of sp³-hybridized carbons (Fsp3) is 0.667. The summed E-state index contributed by atoms with van der Waals surface area (Å²) in [7, 11) is 0. The molecule has 2 atom stereocenters. The van der Waals surface area contributed by atoms with E-state index in [0.717, 1.165) is 18.5 Å². The van der Waals surface area contributed by atoms with Crippen LogP contribution in [0.25, 0.3) is 0 Å². The first-order chi connectivity index (χ1) is 6.86. The predicted molar refractivity (Wildman–Crippen MR) is 62.8 cm³/mol. The summed E-state index contributed by atoms with van der Waals surface area (Å²) >= 11 is 1.87. The van der Waals surface area contributed by atoms with Gasteiger partial charge in [0.25, 0.3) is 0 Å². The molecule has 14 heavy (non-hydrogen) atoms. The Labute approximate surface area is 90.5 Å². The van der Waals surface area contributed by atoms with Crippen LogP contribution in [0.4, 0.5) is 0 Å². The van der Waals surface area contributed by atoms with Crippen molar-refractivity contribution in [3.63, 3.8) is 0 Å². The van der Waals surface area contributed by atoms with Gasteiger partial charge in [0.05, 0.1) is 0 Å². The van der Waals surface area contributed by atoms with E-state index in [2.05, 4.69) is 29.8 Å². The van der Waals surface area contributed by atoms with Gasteiger partial charge >= 0.3 is 0 Å². The molecule has 0 saturated heterocycles. The molecule has 2 heteroatoms. The van der Waals surface area contributed by atoms with Crippen LogP contribution in [0, 0.1) is 5.92 Å². The second-order valence-electron chi connectivity index (χ2n) is 4.30. The summed E-state index contributed by atoms with van der Waals surface area (Å²) < 4.78 is 0. The number of thiophene rings is 1. The Balaban J connectivity index is 1.68. The lowest BCUT2D eigenvalue weighted by Gasteiger charge is -2.16. The maximum atomic E-state index is 3.68. The van der Waals surface area contributed by atoms with Gasteiger partial charge in [-0.2, -0.15) is 0 Å². The van der Waals surface area contributed by atoms with E-state index in [4.69, 9.17) is 0 Å². The first-order valence-corrected chi connectivity index (χ1v) is 6.50. The lowest BCUT2D eigenvalue weighted by molar-refractivity contribution is 0.430. The van der Waals surface area contributed by atoms with E-state index in [1.54, 1.807) is 0 Å². The van der Waals surface area contributed by atoms with Gasteiger partial charge in [0.15, 0.2) is 0 Å². The Hall–Kier alpha value is -0.340. The molecule has 1 aliphatic rings. The zero-order valence-corrected chi connectivity index (χ0v) is 9.65. The van der Waals surface area contributed by atoms with Crippen LogP contribution in [0.3, 0.4) is 0 Å². The van der Waals surface area contributed by atoms with Gasteiger partial charge < -0.3 is 5.32 Å². The number of hydrogen-bond donors (Lipinski definition) is 1. The Morgan fingerprint density at radius 2 is 2.43 bits per heavy atom. The molecule has 1 N–H and O–H groups in total. The van der Waals surface area contributed by atoms with Gasteiger partial charge in [-0.05, 0) is 36.6 Å². The largest absolute Gasteiger partial charge is 0.313 e. The van der Waals surface area contributed by atoms with E-state index in [1.807, 2.05) is 11.3 Å². The molecule has 0 amide bonds. The van der Waals surface area contributed by atoms with Crippen molar-refractivity contribution in [1.29, 1.82) is 0 Å². The SMILES string of the molecule is C[C@H]1CCC[C@H]1NCCc1cccs1. The van der Waals surface area contributed by atoms with Gasteiger partial charge in [0.2, 0.25) is 0 Å². The van der Waals surface area contributed by atoms with Crippen molar-refractivity contribution >= 4 is 11.3 Å². The van der Waals surface area contributed by atoms with E-state index in [0.29, 0.717) is 0 Å². The summed E-state index contributed by atoms with van der Waals surface area (Å²) in [6, 6.07) is 5.15. The summed E-state index contributed by atoms with van der Waals surface area (Å²) in [4.78, 5) is 1.50. The van der Waals surface area contributed by atoms with Crippen molar-refractivity contribution in [2.45, 2.75) is 38.6 Å². The number of rotatable bonds is 4. The lowest BCUT2D eigenvalue weighted by atomic mass is 10.1. The molecule has 2 rings (SSSR count). The summed E-state index contributed by atoms with van der Waals surface area (Å²) in [5.41, 5.74) is 0. The molecule has 0 unspecified atom stereocenters. The van der Waals surface area contributed by atoms with Crippen molar-refractivity contribution in [1.82, 2.24) is 5.32 Å². The molecule has 0 bridgehead atoms. The van der Waals surface area contributed by atoms with Crippen molar-refractivity contribution in [2.75, 3.05) is 6.54 Å². The number of hydrogen-bond acceptors (Lipinski definition) is 2. The highest BCUT2D eigenvalue weighted by molar-refractivity contribution is 7.09. The van der Waals surface area contributed by atoms with Crippen molar-refractivity contribution in [2.24, 2.45) is 5.92 Å². The highest BCUT2D eigenvalue weighted by Crippen LogP contribution is 2.24. The topological polar surface area (TPSA) is 12.0 Å². The summed E-state index contributed by atoms with van der Waals surface area (Å²) in [6.07, 6.45) is 5.40. The maximum absolute atomic E-state index is 3.68. The van der Waals surface area contributed by atoms with Crippen LogP contribution in [0.1, 0.15) is 31.1 Å². The molecule has 78 valence electrons. The molecule has 1 aromatic heterocycles. The Bertz CT molecular complexity index is 255. The minimum Gasteiger partial charge on any atom is -0.313 e. The van der Waals surface area contributed by atoms with Crippen molar-refractivity contribution < 1.29 is 0 Å². The Morgan fingerprint density at radius 3 is 3.07 bits per heavy atom. The van der Waals surface area contributed by atoms with Crippen LogP contribution >= 0.6 is 11.3 Å². The molecular formula is C12H19NS. The highest BCUT2D eigenvalue weighted by atomic mass is 32.1. The Morgan fingerprint density at radius 1 is 1.50 bits per heavy atom. The smallest absolute Gasteiger partial charge is 0.00928 e. The Kier molecular flexibility index (Phi) is 3.60. The van der Waals surface area contributed by atoms with Crippen LogP contribution in [-0.2, 0) is 6.42 Å². The van der Waals surface area contributed by atoms with Crippen molar-refractivity contribution in [3.8, 4) is 0 Å². The molecule has 1 aliphatic carbocycles. The van der Waals surface area contributed by atoms with Gasteiger partial charge in [0.1, 0.15) is 0 Å². The van der Waals surface area contributed by atoms with Crippen LogP contribution in [0.15, 0.2) is 17.5 Å². The minimum atomic E-state index is 0.787. The quantitative estimate of drug-likeness (QED) is 0.803. The second-order valence-corrected chi connectivity index (χ2v) is 5.33. The van der Waals surface area contributed by atoms with Crippen LogP contribution < -0.4 is 5.32 Å². The van der Waals surface area contributed by atoms with E-state index in [1.165, 1.54) is 30.6 Å². The zero-order chi connectivity index (χ0) is 9.80. The van der Waals surface area contributed by atoms with E-state index >= 15 is 0 Å². The molecule has 0 radical (unpaired) electrons. The van der Waals surface area contributed by atoms with Gasteiger partial charge in [0, 0.05) is 17.5 Å². The van der Waals surface area contributed by atoms with Gasteiger partial charge in [-0.1, -0.05) is 19.4 Å². The summed E-state index contributed by atoms with van der Waals surface area (Å²) in [5.74, 6) is 0.887. The molecule has 0 aliphatic heterocycles. The molecule has 0 spiro atoms. The van der Waals surface area contributed by atoms with Gasteiger partial charge in [-0.15, -0.1) is 11.3 Å². The molecule has 0 aromatic carbocycles. The first kappa shape index (κ1) is 10.2. The van der Waals surface area contributed by atoms with Crippen molar-refractivity contribution in [3.05, 3.63) is 22.4 Å². The van der Waals surface area contributed by atoms with E-state index in [-0.39, 0.29) is 0 Å². The fourth-order valence-electron chi connectivity index (χ4n) is 2.28. The highest BCUT2D eigenvalue weighted by Gasteiger charge is 2.21. The normalized spacial score (nSPS) is 26.9. The van der Waals surface area contributed by atoms with E-state index in [9.17, 15) is 0 Å². The lowest BCUT2D eigenvalue weighted by Crippen LogP contribution is -2.32.